The van der Waals surface area contributed by atoms with Crippen molar-refractivity contribution in [2.75, 3.05) is 11.9 Å². The number of nitrogens with zero attached hydrogens (tertiary/aromatic N) is 2. The normalized spacial score (nSPS) is 19.0. The van der Waals surface area contributed by atoms with Gasteiger partial charge in [0, 0.05) is 24.5 Å². The summed E-state index contributed by atoms with van der Waals surface area (Å²) in [6.45, 7) is 9.22. The summed E-state index contributed by atoms with van der Waals surface area (Å²) in [6.07, 6.45) is 6.82. The summed E-state index contributed by atoms with van der Waals surface area (Å²) in [7, 11) is 2.21. The minimum Gasteiger partial charge on any atom is -0.369 e. The second-order valence-electron chi connectivity index (χ2n) is 8.32. The summed E-state index contributed by atoms with van der Waals surface area (Å²) in [6, 6.07) is 15.4. The average molecular weight is 349 g/mol. The first-order valence-electron chi connectivity index (χ1n) is 9.91. The van der Waals surface area contributed by atoms with E-state index in [-0.39, 0.29) is 5.54 Å². The topological polar surface area (TPSA) is 15.6 Å². The molecular weight excluding hydrogens is 316 g/mol. The standard InChI is InChI=1S/C24H32N2/c1-6-7-8-19-9-12-21(13-10-19)25-17-20-11-14-23-22(15-20)18(2)16-24(3,4)26(23)5/h9-15,17-18H,6-8,16H2,1-5H3. The number of hydrogen-bond donors (Lipinski definition) is 0. The van der Waals surface area contributed by atoms with Gasteiger partial charge in [0.2, 0.25) is 0 Å². The first-order chi connectivity index (χ1) is 12.4. The van der Waals surface area contributed by atoms with Crippen molar-refractivity contribution in [2.45, 2.75) is 64.8 Å². The molecule has 1 aliphatic rings. The molecule has 138 valence electrons. The molecule has 0 spiro atoms. The molecule has 26 heavy (non-hydrogen) atoms. The number of hydrogen-bond acceptors (Lipinski definition) is 2. The van der Waals surface area contributed by atoms with Crippen LogP contribution in [0.1, 0.15) is 69.6 Å². The van der Waals surface area contributed by atoms with E-state index in [9.17, 15) is 0 Å². The summed E-state index contributed by atoms with van der Waals surface area (Å²) in [5, 5.41) is 0. The second-order valence-corrected chi connectivity index (χ2v) is 8.32. The van der Waals surface area contributed by atoms with E-state index in [1.54, 1.807) is 0 Å². The number of anilines is 1. The number of unbranched alkanes of at least 4 members (excludes halogenated alkanes) is 1. The zero-order valence-electron chi connectivity index (χ0n) is 16.9. The minimum absolute atomic E-state index is 0.210. The Morgan fingerprint density at radius 2 is 1.88 bits per heavy atom. The smallest absolute Gasteiger partial charge is 0.0630 e. The van der Waals surface area contributed by atoms with Crippen LogP contribution in [0.3, 0.4) is 0 Å². The number of aliphatic imine (C=N–C) groups is 1. The number of rotatable bonds is 5. The second kappa shape index (κ2) is 7.65. The van der Waals surface area contributed by atoms with Gasteiger partial charge in [0.1, 0.15) is 0 Å². The third kappa shape index (κ3) is 4.00. The Hall–Kier alpha value is -2.09. The molecule has 0 aliphatic carbocycles. The average Bonchev–Trinajstić information content (AvgIpc) is 2.63. The van der Waals surface area contributed by atoms with Gasteiger partial charge < -0.3 is 4.90 Å². The van der Waals surface area contributed by atoms with Gasteiger partial charge >= 0.3 is 0 Å². The molecule has 0 amide bonds. The van der Waals surface area contributed by atoms with Gasteiger partial charge in [-0.05, 0) is 80.0 Å². The van der Waals surface area contributed by atoms with Gasteiger partial charge in [0.25, 0.3) is 0 Å². The van der Waals surface area contributed by atoms with Crippen LogP contribution < -0.4 is 4.90 Å². The van der Waals surface area contributed by atoms with Gasteiger partial charge in [-0.1, -0.05) is 38.5 Å². The summed E-state index contributed by atoms with van der Waals surface area (Å²) < 4.78 is 0. The molecule has 0 saturated carbocycles. The molecule has 0 radical (unpaired) electrons. The number of fused-ring (bicyclic) bond motifs is 1. The van der Waals surface area contributed by atoms with Crippen LogP contribution in [-0.4, -0.2) is 18.8 Å². The van der Waals surface area contributed by atoms with Crippen LogP contribution in [-0.2, 0) is 6.42 Å². The van der Waals surface area contributed by atoms with Crippen LogP contribution >= 0.6 is 0 Å². The largest absolute Gasteiger partial charge is 0.369 e. The number of benzene rings is 2. The highest BCUT2D eigenvalue weighted by molar-refractivity contribution is 5.83. The van der Waals surface area contributed by atoms with E-state index in [2.05, 4.69) is 87.1 Å². The van der Waals surface area contributed by atoms with Crippen molar-refractivity contribution in [1.29, 1.82) is 0 Å². The molecule has 2 heteroatoms. The summed E-state index contributed by atoms with van der Waals surface area (Å²) in [5.74, 6) is 0.572. The lowest BCUT2D eigenvalue weighted by Crippen LogP contribution is -2.45. The molecule has 2 aromatic carbocycles. The summed E-state index contributed by atoms with van der Waals surface area (Å²) >= 11 is 0. The molecule has 3 rings (SSSR count). The highest BCUT2D eigenvalue weighted by atomic mass is 15.2. The molecule has 0 aromatic heterocycles. The van der Waals surface area contributed by atoms with Crippen molar-refractivity contribution in [1.82, 2.24) is 0 Å². The molecule has 1 atom stereocenters. The third-order valence-electron chi connectivity index (χ3n) is 5.78. The Balaban J connectivity index is 1.77. The van der Waals surface area contributed by atoms with E-state index < -0.39 is 0 Å². The van der Waals surface area contributed by atoms with Crippen LogP contribution in [0.25, 0.3) is 0 Å². The van der Waals surface area contributed by atoms with Crippen LogP contribution in [0.4, 0.5) is 11.4 Å². The zero-order valence-corrected chi connectivity index (χ0v) is 16.9. The Morgan fingerprint density at radius 1 is 1.15 bits per heavy atom. The Kier molecular flexibility index (Phi) is 5.50. The first-order valence-corrected chi connectivity index (χ1v) is 9.91. The van der Waals surface area contributed by atoms with Gasteiger partial charge in [0.15, 0.2) is 0 Å². The fraction of sp³-hybridized carbons (Fsp3) is 0.458. The molecule has 0 fully saturated rings. The van der Waals surface area contributed by atoms with Crippen molar-refractivity contribution in [2.24, 2.45) is 4.99 Å². The summed E-state index contributed by atoms with van der Waals surface area (Å²) in [5.41, 5.74) is 6.60. The van der Waals surface area contributed by atoms with Gasteiger partial charge in [-0.2, -0.15) is 0 Å². The first kappa shape index (κ1) is 18.7. The van der Waals surface area contributed by atoms with Crippen LogP contribution in [0.5, 0.6) is 0 Å². The van der Waals surface area contributed by atoms with E-state index in [1.807, 2.05) is 6.21 Å². The van der Waals surface area contributed by atoms with Gasteiger partial charge in [0.05, 0.1) is 5.69 Å². The van der Waals surface area contributed by atoms with E-state index in [1.165, 1.54) is 41.6 Å². The summed E-state index contributed by atoms with van der Waals surface area (Å²) in [4.78, 5) is 7.10. The fourth-order valence-corrected chi connectivity index (χ4v) is 3.95. The Bertz CT molecular complexity index is 771. The van der Waals surface area contributed by atoms with E-state index in [0.29, 0.717) is 5.92 Å². The van der Waals surface area contributed by atoms with Crippen molar-refractivity contribution in [3.63, 3.8) is 0 Å². The quantitative estimate of drug-likeness (QED) is 0.563. The molecule has 1 heterocycles. The highest BCUT2D eigenvalue weighted by Crippen LogP contribution is 2.42. The van der Waals surface area contributed by atoms with Crippen molar-refractivity contribution in [3.8, 4) is 0 Å². The highest BCUT2D eigenvalue weighted by Gasteiger charge is 2.33. The SMILES string of the molecule is CCCCc1ccc(N=Cc2ccc3c(c2)C(C)CC(C)(C)N3C)cc1. The predicted molar refractivity (Wildman–Crippen MR) is 114 cm³/mol. The van der Waals surface area contributed by atoms with Gasteiger partial charge in [-0.3, -0.25) is 4.99 Å². The maximum atomic E-state index is 4.68. The van der Waals surface area contributed by atoms with Gasteiger partial charge in [-0.25, -0.2) is 0 Å². The Morgan fingerprint density at radius 3 is 2.58 bits per heavy atom. The monoisotopic (exact) mass is 348 g/mol. The predicted octanol–water partition coefficient (Wildman–Crippen LogP) is 6.50. The molecule has 2 aromatic rings. The maximum Gasteiger partial charge on any atom is 0.0630 e. The molecular formula is C24H32N2. The van der Waals surface area contributed by atoms with E-state index in [0.717, 1.165) is 12.1 Å². The van der Waals surface area contributed by atoms with Crippen LogP contribution in [0, 0.1) is 0 Å². The molecule has 1 aliphatic heterocycles. The minimum atomic E-state index is 0.210. The van der Waals surface area contributed by atoms with Crippen molar-refractivity contribution in [3.05, 3.63) is 59.2 Å². The molecule has 0 bridgehead atoms. The van der Waals surface area contributed by atoms with Crippen LogP contribution in [0.2, 0.25) is 0 Å². The third-order valence-corrected chi connectivity index (χ3v) is 5.78. The van der Waals surface area contributed by atoms with Crippen LogP contribution in [0.15, 0.2) is 47.5 Å². The maximum absolute atomic E-state index is 4.68. The van der Waals surface area contributed by atoms with E-state index in [4.69, 9.17) is 0 Å². The zero-order chi connectivity index (χ0) is 18.7. The fourth-order valence-electron chi connectivity index (χ4n) is 3.95. The molecule has 1 unspecified atom stereocenters. The van der Waals surface area contributed by atoms with Crippen molar-refractivity contribution < 1.29 is 0 Å². The van der Waals surface area contributed by atoms with Gasteiger partial charge in [-0.15, -0.1) is 0 Å². The molecule has 0 N–H and O–H groups in total. The Labute approximate surface area is 159 Å². The van der Waals surface area contributed by atoms with E-state index >= 15 is 0 Å². The lowest BCUT2D eigenvalue weighted by atomic mass is 9.80. The lowest BCUT2D eigenvalue weighted by molar-refractivity contribution is 0.395. The lowest BCUT2D eigenvalue weighted by Gasteiger charge is -2.45. The van der Waals surface area contributed by atoms with Crippen molar-refractivity contribution >= 4 is 17.6 Å². The molecule has 2 nitrogen and oxygen atoms in total. The number of aryl methyl sites for hydroxylation is 1. The molecule has 0 saturated heterocycles.